The summed E-state index contributed by atoms with van der Waals surface area (Å²) in [6, 6.07) is 33.5. The summed E-state index contributed by atoms with van der Waals surface area (Å²) in [7, 11) is 0. The predicted molar refractivity (Wildman–Crippen MR) is 157 cm³/mol. The van der Waals surface area contributed by atoms with Crippen molar-refractivity contribution in [1.29, 1.82) is 0 Å². The van der Waals surface area contributed by atoms with E-state index < -0.39 is 0 Å². The quantitative estimate of drug-likeness (QED) is 0.230. The zero-order valence-corrected chi connectivity index (χ0v) is 22.2. The van der Waals surface area contributed by atoms with Gasteiger partial charge in [-0.25, -0.2) is 9.97 Å². The summed E-state index contributed by atoms with van der Waals surface area (Å²) in [6.07, 6.45) is 1.73. The van der Waals surface area contributed by atoms with Gasteiger partial charge in [-0.3, -0.25) is 4.57 Å². The molecule has 0 N–H and O–H groups in total. The maximum absolute atomic E-state index is 6.01. The van der Waals surface area contributed by atoms with Gasteiger partial charge in [0.2, 0.25) is 5.88 Å². The highest BCUT2D eigenvalue weighted by molar-refractivity contribution is 6.10. The average Bonchev–Trinajstić information content (AvgIpc) is 3.27. The molecule has 3 heterocycles. The molecule has 3 aromatic heterocycles. The summed E-state index contributed by atoms with van der Waals surface area (Å²) in [6.45, 7) is 8.92. The minimum atomic E-state index is 0.345. The molecule has 0 bridgehead atoms. The van der Waals surface area contributed by atoms with Crippen LogP contribution in [0.5, 0.6) is 11.6 Å². The summed E-state index contributed by atoms with van der Waals surface area (Å²) in [5.41, 5.74) is 6.98. The number of aromatic nitrogens is 3. The number of pyridine rings is 2. The van der Waals surface area contributed by atoms with Crippen molar-refractivity contribution < 1.29 is 4.74 Å². The van der Waals surface area contributed by atoms with Crippen LogP contribution < -0.4 is 4.74 Å². The molecule has 0 atom stereocenters. The fourth-order valence-electron chi connectivity index (χ4n) is 5.21. The summed E-state index contributed by atoms with van der Waals surface area (Å²) < 4.78 is 8.31. The molecule has 188 valence electrons. The highest BCUT2D eigenvalue weighted by atomic mass is 16.5. The zero-order valence-electron chi connectivity index (χ0n) is 22.2. The molecule has 0 saturated heterocycles. The van der Waals surface area contributed by atoms with Crippen molar-refractivity contribution in [2.24, 2.45) is 0 Å². The fourth-order valence-corrected chi connectivity index (χ4v) is 5.21. The largest absolute Gasteiger partial charge is 0.439 e. The first-order chi connectivity index (χ1) is 18.5. The van der Waals surface area contributed by atoms with E-state index in [1.54, 1.807) is 6.20 Å². The van der Waals surface area contributed by atoms with Crippen LogP contribution in [0, 0.1) is 0 Å². The van der Waals surface area contributed by atoms with Gasteiger partial charge in [-0.2, -0.15) is 0 Å². The molecule has 3 aromatic carbocycles. The maximum atomic E-state index is 6.01. The molecule has 6 aromatic rings. The highest BCUT2D eigenvalue weighted by Crippen LogP contribution is 2.36. The second-order valence-corrected chi connectivity index (χ2v) is 10.3. The van der Waals surface area contributed by atoms with E-state index in [2.05, 4.69) is 104 Å². The number of hydrogen-bond donors (Lipinski definition) is 0. The number of nitrogens with zero attached hydrogens (tertiary/aromatic N) is 3. The lowest BCUT2D eigenvalue weighted by molar-refractivity contribution is 0.463. The Balaban J connectivity index is 1.51. The van der Waals surface area contributed by atoms with Crippen molar-refractivity contribution in [3.63, 3.8) is 0 Å². The van der Waals surface area contributed by atoms with Crippen LogP contribution in [0.4, 0.5) is 0 Å². The molecule has 0 aliphatic rings. The number of fused-ring (bicyclic) bond motifs is 3. The fraction of sp³-hybridized carbons (Fsp3) is 0.176. The first-order valence-electron chi connectivity index (χ1n) is 13.2. The first-order valence-corrected chi connectivity index (χ1v) is 13.2. The number of hydrogen-bond acceptors (Lipinski definition) is 3. The van der Waals surface area contributed by atoms with Gasteiger partial charge in [-0.15, -0.1) is 0 Å². The molecule has 0 amide bonds. The van der Waals surface area contributed by atoms with Crippen molar-refractivity contribution in [1.82, 2.24) is 14.5 Å². The molecule has 0 saturated carbocycles. The van der Waals surface area contributed by atoms with Gasteiger partial charge in [-0.1, -0.05) is 82.3 Å². The van der Waals surface area contributed by atoms with Crippen molar-refractivity contribution in [2.45, 2.75) is 39.5 Å². The van der Waals surface area contributed by atoms with Crippen molar-refractivity contribution in [3.05, 3.63) is 115 Å². The molecule has 0 spiro atoms. The smallest absolute Gasteiger partial charge is 0.219 e. The molecule has 6 rings (SSSR count). The third kappa shape index (κ3) is 4.32. The lowest BCUT2D eigenvalue weighted by Crippen LogP contribution is -2.06. The Kier molecular flexibility index (Phi) is 6.16. The molecule has 4 heteroatoms. The third-order valence-electron chi connectivity index (χ3n) is 7.04. The predicted octanol–water partition coefficient (Wildman–Crippen LogP) is 9.28. The standard InChI is InChI=1S/C34H31N3O/c1-22(2)27-17-18-32(36-34(27)23(3)4)37-30-13-6-5-12-28(30)29-16-15-25(21-31(29)37)24-10-9-11-26(20-24)38-33-14-7-8-19-35-33/h5-23H,1-4H3. The number of para-hydroxylation sites is 1. The summed E-state index contributed by atoms with van der Waals surface area (Å²) >= 11 is 0. The molecule has 0 unspecified atom stereocenters. The van der Waals surface area contributed by atoms with Gasteiger partial charge in [0.15, 0.2) is 0 Å². The van der Waals surface area contributed by atoms with Crippen molar-refractivity contribution in [3.8, 4) is 28.6 Å². The molecule has 4 nitrogen and oxygen atoms in total. The second kappa shape index (κ2) is 9.79. The summed E-state index contributed by atoms with van der Waals surface area (Å²) in [5, 5.41) is 2.44. The molecule has 0 aliphatic carbocycles. The van der Waals surface area contributed by atoms with Crippen LogP contribution in [0.1, 0.15) is 50.8 Å². The molecular weight excluding hydrogens is 466 g/mol. The van der Waals surface area contributed by atoms with Gasteiger partial charge in [0.1, 0.15) is 11.6 Å². The Bertz CT molecular complexity index is 1750. The van der Waals surface area contributed by atoms with Crippen molar-refractivity contribution >= 4 is 21.8 Å². The second-order valence-electron chi connectivity index (χ2n) is 10.3. The number of rotatable bonds is 6. The van der Waals surface area contributed by atoms with Gasteiger partial charge < -0.3 is 4.74 Å². The van der Waals surface area contributed by atoms with Crippen LogP contribution >= 0.6 is 0 Å². The van der Waals surface area contributed by atoms with E-state index in [-0.39, 0.29) is 0 Å². The normalized spacial score (nSPS) is 11.6. The Morgan fingerprint density at radius 1 is 0.658 bits per heavy atom. The molecule has 0 aliphatic heterocycles. The number of benzene rings is 3. The van der Waals surface area contributed by atoms with Gasteiger partial charge >= 0.3 is 0 Å². The monoisotopic (exact) mass is 497 g/mol. The van der Waals surface area contributed by atoms with Gasteiger partial charge in [-0.05, 0) is 64.9 Å². The molecule has 0 radical (unpaired) electrons. The molecular formula is C34H31N3O. The molecule has 38 heavy (non-hydrogen) atoms. The summed E-state index contributed by atoms with van der Waals surface area (Å²) in [5.74, 6) is 3.07. The van der Waals surface area contributed by atoms with E-state index in [4.69, 9.17) is 9.72 Å². The number of ether oxygens (including phenoxy) is 1. The van der Waals surface area contributed by atoms with Crippen LogP contribution in [-0.2, 0) is 0 Å². The van der Waals surface area contributed by atoms with Crippen LogP contribution in [0.25, 0.3) is 38.8 Å². The van der Waals surface area contributed by atoms with Crippen LogP contribution in [-0.4, -0.2) is 14.5 Å². The minimum absolute atomic E-state index is 0.345. The van der Waals surface area contributed by atoms with E-state index in [0.29, 0.717) is 17.7 Å². The van der Waals surface area contributed by atoms with Gasteiger partial charge in [0, 0.05) is 28.7 Å². The lowest BCUT2D eigenvalue weighted by Gasteiger charge is -2.17. The van der Waals surface area contributed by atoms with E-state index in [0.717, 1.165) is 33.7 Å². The van der Waals surface area contributed by atoms with E-state index >= 15 is 0 Å². The SMILES string of the molecule is CC(C)c1ccc(-n2c3ccccc3c3ccc(-c4cccc(Oc5ccccn5)c4)cc32)nc1C(C)C. The van der Waals surface area contributed by atoms with Gasteiger partial charge in [0.05, 0.1) is 11.0 Å². The van der Waals surface area contributed by atoms with Crippen LogP contribution in [0.2, 0.25) is 0 Å². The van der Waals surface area contributed by atoms with Crippen molar-refractivity contribution in [2.75, 3.05) is 0 Å². The first kappa shape index (κ1) is 23.9. The third-order valence-corrected chi connectivity index (χ3v) is 7.04. The maximum Gasteiger partial charge on any atom is 0.219 e. The molecule has 0 fully saturated rings. The lowest BCUT2D eigenvalue weighted by atomic mass is 9.95. The Morgan fingerprint density at radius 2 is 1.45 bits per heavy atom. The van der Waals surface area contributed by atoms with E-state index in [9.17, 15) is 0 Å². The Hall–Kier alpha value is -4.44. The van der Waals surface area contributed by atoms with Crippen LogP contribution in [0.3, 0.4) is 0 Å². The van der Waals surface area contributed by atoms with Crippen LogP contribution in [0.15, 0.2) is 103 Å². The zero-order chi connectivity index (χ0) is 26.2. The average molecular weight is 498 g/mol. The summed E-state index contributed by atoms with van der Waals surface area (Å²) in [4.78, 5) is 9.53. The van der Waals surface area contributed by atoms with E-state index in [1.165, 1.54) is 22.0 Å². The van der Waals surface area contributed by atoms with E-state index in [1.807, 2.05) is 30.3 Å². The topological polar surface area (TPSA) is 39.9 Å². The highest BCUT2D eigenvalue weighted by Gasteiger charge is 2.17. The van der Waals surface area contributed by atoms with Gasteiger partial charge in [0.25, 0.3) is 0 Å². The minimum Gasteiger partial charge on any atom is -0.439 e. The Labute approximate surface area is 223 Å². The Morgan fingerprint density at radius 3 is 2.24 bits per heavy atom.